The summed E-state index contributed by atoms with van der Waals surface area (Å²) in [4.78, 5) is 16.7. The Kier molecular flexibility index (Phi) is 5.44. The van der Waals surface area contributed by atoms with Crippen molar-refractivity contribution in [2.45, 2.75) is 13.8 Å². The van der Waals surface area contributed by atoms with Crippen LogP contribution in [0.15, 0.2) is 27.1 Å². The molecular formula is C11H13Br2NO2. The topological polar surface area (TPSA) is 38.3 Å². The molecule has 1 N–H and O–H groups in total. The fourth-order valence-corrected chi connectivity index (χ4v) is 2.31. The second-order valence-corrected chi connectivity index (χ2v) is 5.63. The second-order valence-electron chi connectivity index (χ2n) is 3.79. The zero-order valence-electron chi connectivity index (χ0n) is 9.09. The van der Waals surface area contributed by atoms with E-state index in [4.69, 9.17) is 4.84 Å². The Morgan fingerprint density at radius 3 is 2.38 bits per heavy atom. The molecule has 0 spiro atoms. The lowest BCUT2D eigenvalue weighted by atomic mass is 10.2. The quantitative estimate of drug-likeness (QED) is 0.843. The summed E-state index contributed by atoms with van der Waals surface area (Å²) in [6, 6.07) is 5.34. The highest BCUT2D eigenvalue weighted by atomic mass is 79.9. The van der Waals surface area contributed by atoms with Gasteiger partial charge in [0.25, 0.3) is 5.91 Å². The van der Waals surface area contributed by atoms with Gasteiger partial charge in [0.2, 0.25) is 0 Å². The van der Waals surface area contributed by atoms with Crippen molar-refractivity contribution in [3.63, 3.8) is 0 Å². The van der Waals surface area contributed by atoms with Crippen LogP contribution >= 0.6 is 31.9 Å². The van der Waals surface area contributed by atoms with E-state index in [2.05, 4.69) is 37.3 Å². The molecule has 88 valence electrons. The Morgan fingerprint density at radius 2 is 1.88 bits per heavy atom. The smallest absolute Gasteiger partial charge is 0.273 e. The van der Waals surface area contributed by atoms with E-state index in [-0.39, 0.29) is 5.91 Å². The van der Waals surface area contributed by atoms with E-state index >= 15 is 0 Å². The van der Waals surface area contributed by atoms with Gasteiger partial charge >= 0.3 is 0 Å². The first-order valence-electron chi connectivity index (χ1n) is 4.87. The van der Waals surface area contributed by atoms with E-state index < -0.39 is 0 Å². The molecule has 0 unspecified atom stereocenters. The summed E-state index contributed by atoms with van der Waals surface area (Å²) in [5, 5.41) is 0. The maximum atomic E-state index is 11.7. The van der Waals surface area contributed by atoms with Crippen molar-refractivity contribution in [3.8, 4) is 0 Å². The normalized spacial score (nSPS) is 10.6. The molecule has 1 aromatic rings. The second kappa shape index (κ2) is 6.37. The molecule has 0 atom stereocenters. The molecule has 0 aliphatic heterocycles. The number of halogens is 2. The third-order valence-corrected chi connectivity index (χ3v) is 2.62. The maximum absolute atomic E-state index is 11.7. The summed E-state index contributed by atoms with van der Waals surface area (Å²) in [5.74, 6) is 0.136. The molecule has 1 amide bonds. The summed E-state index contributed by atoms with van der Waals surface area (Å²) in [5.41, 5.74) is 2.95. The van der Waals surface area contributed by atoms with Crippen LogP contribution in [-0.2, 0) is 4.84 Å². The lowest BCUT2D eigenvalue weighted by molar-refractivity contribution is 0.0208. The fraction of sp³-hybridized carbons (Fsp3) is 0.364. The summed E-state index contributed by atoms with van der Waals surface area (Å²) >= 11 is 6.64. The lowest BCUT2D eigenvalue weighted by Crippen LogP contribution is -2.25. The molecule has 16 heavy (non-hydrogen) atoms. The molecule has 0 aromatic heterocycles. The first kappa shape index (κ1) is 13.7. The van der Waals surface area contributed by atoms with E-state index in [1.54, 1.807) is 12.1 Å². The molecular weight excluding hydrogens is 338 g/mol. The van der Waals surface area contributed by atoms with Crippen molar-refractivity contribution in [1.82, 2.24) is 5.48 Å². The molecule has 0 saturated carbocycles. The molecule has 0 bridgehead atoms. The SMILES string of the molecule is CC(C)CONC(=O)c1cc(Br)cc(Br)c1. The molecule has 0 aliphatic carbocycles. The summed E-state index contributed by atoms with van der Waals surface area (Å²) in [6.45, 7) is 4.53. The van der Waals surface area contributed by atoms with Crippen LogP contribution in [0.4, 0.5) is 0 Å². The van der Waals surface area contributed by atoms with Gasteiger partial charge in [-0.05, 0) is 24.1 Å². The van der Waals surface area contributed by atoms with Gasteiger partial charge in [0.05, 0.1) is 6.61 Å². The minimum atomic E-state index is -0.248. The summed E-state index contributed by atoms with van der Waals surface area (Å²) in [6.07, 6.45) is 0. The first-order valence-corrected chi connectivity index (χ1v) is 6.46. The Labute approximate surface area is 112 Å². The Morgan fingerprint density at radius 1 is 1.31 bits per heavy atom. The van der Waals surface area contributed by atoms with E-state index in [0.29, 0.717) is 18.1 Å². The molecule has 0 fully saturated rings. The van der Waals surface area contributed by atoms with Crippen LogP contribution in [-0.4, -0.2) is 12.5 Å². The highest BCUT2D eigenvalue weighted by Gasteiger charge is 2.07. The van der Waals surface area contributed by atoms with E-state index in [0.717, 1.165) is 8.95 Å². The number of hydrogen-bond donors (Lipinski definition) is 1. The van der Waals surface area contributed by atoms with Crippen LogP contribution < -0.4 is 5.48 Å². The molecule has 3 nitrogen and oxygen atoms in total. The number of amides is 1. The van der Waals surface area contributed by atoms with Crippen molar-refractivity contribution in [2.24, 2.45) is 5.92 Å². The van der Waals surface area contributed by atoms with E-state index in [1.807, 2.05) is 19.9 Å². The standard InChI is InChI=1S/C11H13Br2NO2/c1-7(2)6-16-14-11(15)8-3-9(12)5-10(13)4-8/h3-5,7H,6H2,1-2H3,(H,14,15). The molecule has 1 rings (SSSR count). The minimum absolute atomic E-state index is 0.248. The first-order chi connectivity index (χ1) is 7.49. The average Bonchev–Trinajstić information content (AvgIpc) is 2.15. The fourth-order valence-electron chi connectivity index (χ4n) is 1.02. The zero-order valence-corrected chi connectivity index (χ0v) is 12.3. The van der Waals surface area contributed by atoms with Crippen molar-refractivity contribution >= 4 is 37.8 Å². The van der Waals surface area contributed by atoms with Gasteiger partial charge < -0.3 is 0 Å². The number of carbonyl (C=O) groups is 1. The van der Waals surface area contributed by atoms with E-state index in [9.17, 15) is 4.79 Å². The third-order valence-electron chi connectivity index (χ3n) is 1.71. The van der Waals surface area contributed by atoms with Gasteiger partial charge in [-0.2, -0.15) is 0 Å². The summed E-state index contributed by atoms with van der Waals surface area (Å²) < 4.78 is 1.69. The monoisotopic (exact) mass is 349 g/mol. The highest BCUT2D eigenvalue weighted by Crippen LogP contribution is 2.19. The van der Waals surface area contributed by atoms with Gasteiger partial charge in [-0.1, -0.05) is 45.7 Å². The largest absolute Gasteiger partial charge is 0.274 e. The summed E-state index contributed by atoms with van der Waals surface area (Å²) in [7, 11) is 0. The molecule has 0 heterocycles. The number of rotatable bonds is 4. The van der Waals surface area contributed by atoms with Crippen molar-refractivity contribution in [2.75, 3.05) is 6.61 Å². The Balaban J connectivity index is 2.59. The van der Waals surface area contributed by atoms with Gasteiger partial charge in [-0.15, -0.1) is 0 Å². The number of carbonyl (C=O) groups excluding carboxylic acids is 1. The van der Waals surface area contributed by atoms with Crippen molar-refractivity contribution in [1.29, 1.82) is 0 Å². The molecule has 0 saturated heterocycles. The molecule has 0 aliphatic rings. The van der Waals surface area contributed by atoms with Gasteiger partial charge in [0.15, 0.2) is 0 Å². The lowest BCUT2D eigenvalue weighted by Gasteiger charge is -2.08. The van der Waals surface area contributed by atoms with Crippen LogP contribution in [0.1, 0.15) is 24.2 Å². The van der Waals surface area contributed by atoms with Gasteiger partial charge in [-0.25, -0.2) is 5.48 Å². The van der Waals surface area contributed by atoms with Crippen molar-refractivity contribution in [3.05, 3.63) is 32.7 Å². The maximum Gasteiger partial charge on any atom is 0.274 e. The number of hydrogen-bond acceptors (Lipinski definition) is 2. The van der Waals surface area contributed by atoms with Crippen molar-refractivity contribution < 1.29 is 9.63 Å². The molecule has 1 aromatic carbocycles. The molecule has 5 heteroatoms. The third kappa shape index (κ3) is 4.63. The number of hydroxylamine groups is 1. The van der Waals surface area contributed by atoms with Gasteiger partial charge in [0.1, 0.15) is 0 Å². The Hall–Kier alpha value is -0.390. The predicted octanol–water partition coefficient (Wildman–Crippen LogP) is 3.53. The van der Waals surface area contributed by atoms with Crippen LogP contribution in [0.3, 0.4) is 0 Å². The van der Waals surface area contributed by atoms with E-state index in [1.165, 1.54) is 0 Å². The minimum Gasteiger partial charge on any atom is -0.273 e. The molecule has 0 radical (unpaired) electrons. The van der Waals surface area contributed by atoms with Crippen LogP contribution in [0.5, 0.6) is 0 Å². The predicted molar refractivity (Wildman–Crippen MR) is 70.1 cm³/mol. The van der Waals surface area contributed by atoms with Gasteiger partial charge in [0, 0.05) is 14.5 Å². The zero-order chi connectivity index (χ0) is 12.1. The van der Waals surface area contributed by atoms with Crippen LogP contribution in [0.2, 0.25) is 0 Å². The Bertz CT molecular complexity index is 360. The average molecular weight is 351 g/mol. The van der Waals surface area contributed by atoms with Crippen LogP contribution in [0, 0.1) is 5.92 Å². The number of benzene rings is 1. The highest BCUT2D eigenvalue weighted by molar-refractivity contribution is 9.11. The number of nitrogens with one attached hydrogen (secondary N) is 1. The van der Waals surface area contributed by atoms with Crippen LogP contribution in [0.25, 0.3) is 0 Å². The van der Waals surface area contributed by atoms with Gasteiger partial charge in [-0.3, -0.25) is 9.63 Å².